The molecule has 1 unspecified atom stereocenters. The fraction of sp³-hybridized carbons (Fsp3) is 0.250. The topological polar surface area (TPSA) is 71.4 Å². The van der Waals surface area contributed by atoms with Gasteiger partial charge in [-0.3, -0.25) is 4.79 Å². The molecule has 7 heteroatoms. The van der Waals surface area contributed by atoms with E-state index in [-0.39, 0.29) is 17.8 Å². The number of carbonyl (C=O) groups is 1. The Morgan fingerprint density at radius 2 is 2.16 bits per heavy atom. The fourth-order valence-electron chi connectivity index (χ4n) is 4.25. The van der Waals surface area contributed by atoms with E-state index in [0.29, 0.717) is 30.3 Å². The van der Waals surface area contributed by atoms with Gasteiger partial charge in [-0.15, -0.1) is 0 Å². The Morgan fingerprint density at radius 3 is 3.00 bits per heavy atom. The van der Waals surface area contributed by atoms with Crippen molar-refractivity contribution in [2.24, 2.45) is 0 Å². The zero-order valence-corrected chi connectivity index (χ0v) is 17.1. The van der Waals surface area contributed by atoms with Gasteiger partial charge in [0.25, 0.3) is 5.91 Å². The highest BCUT2D eigenvalue weighted by molar-refractivity contribution is 6.00. The van der Waals surface area contributed by atoms with E-state index < -0.39 is 0 Å². The van der Waals surface area contributed by atoms with Gasteiger partial charge >= 0.3 is 0 Å². The first kappa shape index (κ1) is 19.4. The molecule has 3 heterocycles. The normalized spacial score (nSPS) is 16.2. The molecule has 0 bridgehead atoms. The van der Waals surface area contributed by atoms with Gasteiger partial charge in [-0.1, -0.05) is 18.2 Å². The van der Waals surface area contributed by atoms with Gasteiger partial charge in [0.05, 0.1) is 13.3 Å². The predicted octanol–water partition coefficient (Wildman–Crippen LogP) is 4.87. The number of halogens is 1. The summed E-state index contributed by atoms with van der Waals surface area (Å²) in [4.78, 5) is 22.7. The van der Waals surface area contributed by atoms with Crippen LogP contribution >= 0.6 is 0 Å². The van der Waals surface area contributed by atoms with E-state index in [1.54, 1.807) is 24.3 Å². The number of oxazole rings is 1. The van der Waals surface area contributed by atoms with Crippen LogP contribution in [-0.2, 0) is 6.42 Å². The van der Waals surface area contributed by atoms with Crippen LogP contribution < -0.4 is 4.74 Å². The molecule has 0 spiro atoms. The van der Waals surface area contributed by atoms with Gasteiger partial charge < -0.3 is 19.0 Å². The molecule has 6 nitrogen and oxygen atoms in total. The number of amides is 1. The molecular formula is C24H22FN3O3. The van der Waals surface area contributed by atoms with Crippen LogP contribution in [0.15, 0.2) is 59.1 Å². The SMILES string of the molecule is COc1cccc2[nH]c(C(=O)N3CCCC3c3ncc(Cc4cccc(F)c4)o3)cc12. The number of likely N-dealkylation sites (tertiary alicyclic amines) is 1. The van der Waals surface area contributed by atoms with Gasteiger partial charge in [0, 0.05) is 23.9 Å². The zero-order chi connectivity index (χ0) is 21.4. The van der Waals surface area contributed by atoms with Gasteiger partial charge in [0.2, 0.25) is 5.89 Å². The average molecular weight is 419 g/mol. The monoisotopic (exact) mass is 419 g/mol. The molecule has 0 saturated carbocycles. The number of hydrogen-bond acceptors (Lipinski definition) is 4. The van der Waals surface area contributed by atoms with Crippen LogP contribution in [0.1, 0.15) is 46.6 Å². The van der Waals surface area contributed by atoms with Crippen LogP contribution in [0, 0.1) is 5.82 Å². The van der Waals surface area contributed by atoms with E-state index in [4.69, 9.17) is 9.15 Å². The van der Waals surface area contributed by atoms with Crippen molar-refractivity contribution in [1.82, 2.24) is 14.9 Å². The van der Waals surface area contributed by atoms with E-state index in [0.717, 1.165) is 35.1 Å². The molecule has 1 aliphatic heterocycles. The summed E-state index contributed by atoms with van der Waals surface area (Å²) in [7, 11) is 1.61. The first-order chi connectivity index (χ1) is 15.1. The van der Waals surface area contributed by atoms with Crippen molar-refractivity contribution in [1.29, 1.82) is 0 Å². The maximum absolute atomic E-state index is 13.4. The number of fused-ring (bicyclic) bond motifs is 1. The summed E-state index contributed by atoms with van der Waals surface area (Å²) < 4.78 is 24.8. The third-order valence-electron chi connectivity index (χ3n) is 5.71. The summed E-state index contributed by atoms with van der Waals surface area (Å²) in [5.74, 6) is 1.52. The van der Waals surface area contributed by atoms with Crippen LogP contribution in [0.25, 0.3) is 10.9 Å². The summed E-state index contributed by atoms with van der Waals surface area (Å²) in [6, 6.07) is 13.7. The smallest absolute Gasteiger partial charge is 0.270 e. The van der Waals surface area contributed by atoms with Crippen LogP contribution in [0.4, 0.5) is 4.39 Å². The van der Waals surface area contributed by atoms with Crippen molar-refractivity contribution in [2.75, 3.05) is 13.7 Å². The van der Waals surface area contributed by atoms with Crippen molar-refractivity contribution in [3.63, 3.8) is 0 Å². The van der Waals surface area contributed by atoms with Gasteiger partial charge in [-0.25, -0.2) is 9.37 Å². The quantitative estimate of drug-likeness (QED) is 0.501. The van der Waals surface area contributed by atoms with E-state index in [1.807, 2.05) is 30.3 Å². The van der Waals surface area contributed by atoms with Crippen molar-refractivity contribution < 1.29 is 18.3 Å². The van der Waals surface area contributed by atoms with Gasteiger partial charge in [-0.2, -0.15) is 0 Å². The molecule has 1 saturated heterocycles. The van der Waals surface area contributed by atoms with Crippen molar-refractivity contribution in [3.05, 3.63) is 83.5 Å². The maximum atomic E-state index is 13.4. The number of ether oxygens (including phenoxy) is 1. The number of benzene rings is 2. The summed E-state index contributed by atoms with van der Waals surface area (Å²) in [6.07, 6.45) is 3.78. The Bertz CT molecular complexity index is 1250. The van der Waals surface area contributed by atoms with Crippen LogP contribution in [0.2, 0.25) is 0 Å². The van der Waals surface area contributed by atoms with E-state index in [1.165, 1.54) is 12.1 Å². The van der Waals surface area contributed by atoms with E-state index in [9.17, 15) is 9.18 Å². The summed E-state index contributed by atoms with van der Waals surface area (Å²) in [6.45, 7) is 0.637. The van der Waals surface area contributed by atoms with Crippen molar-refractivity contribution in [2.45, 2.75) is 25.3 Å². The first-order valence-corrected chi connectivity index (χ1v) is 10.3. The average Bonchev–Trinajstić information content (AvgIpc) is 3.51. The molecule has 1 atom stereocenters. The summed E-state index contributed by atoms with van der Waals surface area (Å²) in [5, 5.41) is 0.873. The number of aromatic nitrogens is 2. The lowest BCUT2D eigenvalue weighted by Crippen LogP contribution is -2.30. The highest BCUT2D eigenvalue weighted by atomic mass is 19.1. The Balaban J connectivity index is 1.37. The number of carbonyl (C=O) groups excluding carboxylic acids is 1. The molecule has 1 aliphatic rings. The second kappa shape index (κ2) is 7.91. The molecular weight excluding hydrogens is 397 g/mol. The van der Waals surface area contributed by atoms with Crippen LogP contribution in [0.5, 0.6) is 5.75 Å². The maximum Gasteiger partial charge on any atom is 0.270 e. The lowest BCUT2D eigenvalue weighted by molar-refractivity contribution is 0.0709. The molecule has 0 aliphatic carbocycles. The predicted molar refractivity (Wildman–Crippen MR) is 114 cm³/mol. The van der Waals surface area contributed by atoms with Crippen molar-refractivity contribution >= 4 is 16.8 Å². The molecule has 2 aromatic heterocycles. The molecule has 0 radical (unpaired) electrons. The molecule has 4 aromatic rings. The van der Waals surface area contributed by atoms with Gasteiger partial charge in [0.15, 0.2) is 0 Å². The molecule has 1 amide bonds. The Labute approximate surface area is 178 Å². The van der Waals surface area contributed by atoms with Crippen LogP contribution in [-0.4, -0.2) is 34.4 Å². The lowest BCUT2D eigenvalue weighted by Gasteiger charge is -2.21. The van der Waals surface area contributed by atoms with E-state index >= 15 is 0 Å². The molecule has 2 aromatic carbocycles. The largest absolute Gasteiger partial charge is 0.496 e. The second-order valence-corrected chi connectivity index (χ2v) is 7.73. The van der Waals surface area contributed by atoms with Crippen molar-refractivity contribution in [3.8, 4) is 5.75 Å². The number of nitrogens with one attached hydrogen (secondary N) is 1. The number of hydrogen-bond donors (Lipinski definition) is 1. The molecule has 5 rings (SSSR count). The highest BCUT2D eigenvalue weighted by Crippen LogP contribution is 2.34. The highest BCUT2D eigenvalue weighted by Gasteiger charge is 2.34. The second-order valence-electron chi connectivity index (χ2n) is 7.73. The minimum atomic E-state index is -0.278. The minimum Gasteiger partial charge on any atom is -0.496 e. The summed E-state index contributed by atoms with van der Waals surface area (Å²) >= 11 is 0. The fourth-order valence-corrected chi connectivity index (χ4v) is 4.25. The van der Waals surface area contributed by atoms with Gasteiger partial charge in [-0.05, 0) is 48.7 Å². The molecule has 31 heavy (non-hydrogen) atoms. The van der Waals surface area contributed by atoms with Gasteiger partial charge in [0.1, 0.15) is 29.1 Å². The number of methoxy groups -OCH3 is 1. The van der Waals surface area contributed by atoms with Crippen LogP contribution in [0.3, 0.4) is 0 Å². The number of aromatic amines is 1. The lowest BCUT2D eigenvalue weighted by atomic mass is 10.1. The molecule has 158 valence electrons. The minimum absolute atomic E-state index is 0.0920. The molecule has 1 fully saturated rings. The number of rotatable bonds is 5. The number of H-pyrrole nitrogens is 1. The number of nitrogens with zero attached hydrogens (tertiary/aromatic N) is 2. The molecule has 1 N–H and O–H groups in total. The third kappa shape index (κ3) is 3.67. The Hall–Kier alpha value is -3.61. The Morgan fingerprint density at radius 1 is 1.29 bits per heavy atom. The Kier molecular flexibility index (Phi) is 4.94. The first-order valence-electron chi connectivity index (χ1n) is 10.3. The summed E-state index contributed by atoms with van der Waals surface area (Å²) in [5.41, 5.74) is 2.18. The zero-order valence-electron chi connectivity index (χ0n) is 17.1. The third-order valence-corrected chi connectivity index (χ3v) is 5.71. The van der Waals surface area contributed by atoms with E-state index in [2.05, 4.69) is 9.97 Å². The standard InChI is InChI=1S/C24H22FN3O3/c1-30-22-9-3-7-19-18(22)13-20(27-19)24(29)28-10-4-8-21(28)23-26-14-17(31-23)12-15-5-2-6-16(25)11-15/h2-3,5-7,9,11,13-14,21,27H,4,8,10,12H2,1H3.